The summed E-state index contributed by atoms with van der Waals surface area (Å²) < 4.78 is 14.3. The molecule has 1 heterocycles. The average Bonchev–Trinajstić information content (AvgIpc) is 2.80. The standard InChI is InChI=1S/C17H24FNS/c1-4-19-15(7-5-6-12(2)3)17-10-13-8-9-14(18)11-16(13)20-17/h8-12,15,19H,4-7H2,1-3H3. The average molecular weight is 293 g/mol. The van der Waals surface area contributed by atoms with Gasteiger partial charge < -0.3 is 5.32 Å². The van der Waals surface area contributed by atoms with Crippen LogP contribution in [0.3, 0.4) is 0 Å². The van der Waals surface area contributed by atoms with Crippen LogP contribution in [0.5, 0.6) is 0 Å². The SMILES string of the molecule is CCNC(CCCC(C)C)c1cc2ccc(F)cc2s1. The number of benzene rings is 1. The Hall–Kier alpha value is -0.930. The molecule has 2 rings (SSSR count). The zero-order valence-corrected chi connectivity index (χ0v) is 13.4. The molecule has 3 heteroatoms. The molecule has 1 N–H and O–H groups in total. The Morgan fingerprint density at radius 3 is 2.70 bits per heavy atom. The third kappa shape index (κ3) is 4.03. The minimum atomic E-state index is -0.147. The summed E-state index contributed by atoms with van der Waals surface area (Å²) in [6.45, 7) is 7.65. The third-order valence-electron chi connectivity index (χ3n) is 3.57. The first kappa shape index (κ1) is 15.5. The Labute approximate surface area is 125 Å². The molecule has 1 nitrogen and oxygen atoms in total. The lowest BCUT2D eigenvalue weighted by Gasteiger charge is -2.16. The van der Waals surface area contributed by atoms with Crippen LogP contribution in [0.4, 0.5) is 4.39 Å². The highest BCUT2D eigenvalue weighted by Gasteiger charge is 2.14. The smallest absolute Gasteiger partial charge is 0.124 e. The van der Waals surface area contributed by atoms with Gasteiger partial charge in [0.05, 0.1) is 0 Å². The molecular weight excluding hydrogens is 269 g/mol. The van der Waals surface area contributed by atoms with E-state index in [0.717, 1.165) is 29.0 Å². The van der Waals surface area contributed by atoms with Crippen LogP contribution in [0.15, 0.2) is 24.3 Å². The Morgan fingerprint density at radius 2 is 2.00 bits per heavy atom. The second kappa shape index (κ2) is 7.19. The molecule has 0 saturated heterocycles. The maximum Gasteiger partial charge on any atom is 0.124 e. The van der Waals surface area contributed by atoms with E-state index in [0.29, 0.717) is 6.04 Å². The van der Waals surface area contributed by atoms with E-state index in [-0.39, 0.29) is 5.82 Å². The number of halogens is 1. The maximum atomic E-state index is 13.3. The van der Waals surface area contributed by atoms with Gasteiger partial charge in [0.2, 0.25) is 0 Å². The normalized spacial score (nSPS) is 13.2. The van der Waals surface area contributed by atoms with Gasteiger partial charge in [0.15, 0.2) is 0 Å². The van der Waals surface area contributed by atoms with E-state index >= 15 is 0 Å². The lowest BCUT2D eigenvalue weighted by atomic mass is 10.0. The molecule has 0 aliphatic carbocycles. The minimum absolute atomic E-state index is 0.147. The van der Waals surface area contributed by atoms with Crippen molar-refractivity contribution in [1.82, 2.24) is 5.32 Å². The van der Waals surface area contributed by atoms with Gasteiger partial charge >= 0.3 is 0 Å². The van der Waals surface area contributed by atoms with Crippen molar-refractivity contribution in [2.24, 2.45) is 5.92 Å². The molecular formula is C17H24FNS. The largest absolute Gasteiger partial charge is 0.310 e. The summed E-state index contributed by atoms with van der Waals surface area (Å²) in [6, 6.07) is 7.67. The topological polar surface area (TPSA) is 12.0 Å². The highest BCUT2D eigenvalue weighted by molar-refractivity contribution is 7.19. The Kier molecular flexibility index (Phi) is 5.55. The van der Waals surface area contributed by atoms with Gasteiger partial charge in [-0.2, -0.15) is 0 Å². The van der Waals surface area contributed by atoms with Crippen LogP contribution in [0.25, 0.3) is 10.1 Å². The first-order chi connectivity index (χ1) is 9.60. The fourth-order valence-corrected chi connectivity index (χ4v) is 3.72. The van der Waals surface area contributed by atoms with Gasteiger partial charge in [-0.1, -0.05) is 39.7 Å². The van der Waals surface area contributed by atoms with Crippen molar-refractivity contribution in [3.63, 3.8) is 0 Å². The number of hydrogen-bond donors (Lipinski definition) is 1. The summed E-state index contributed by atoms with van der Waals surface area (Å²) in [7, 11) is 0. The van der Waals surface area contributed by atoms with Gasteiger partial charge in [0, 0.05) is 15.6 Å². The first-order valence-corrected chi connectivity index (χ1v) is 8.34. The molecule has 0 aliphatic rings. The van der Waals surface area contributed by atoms with Gasteiger partial charge in [-0.05, 0) is 42.5 Å². The molecule has 1 aromatic carbocycles. The van der Waals surface area contributed by atoms with Crippen LogP contribution >= 0.6 is 11.3 Å². The number of thiophene rings is 1. The molecule has 2 aromatic rings. The molecule has 0 spiro atoms. The predicted molar refractivity (Wildman–Crippen MR) is 86.9 cm³/mol. The van der Waals surface area contributed by atoms with Crippen molar-refractivity contribution in [1.29, 1.82) is 0 Å². The summed E-state index contributed by atoms with van der Waals surface area (Å²) in [6.07, 6.45) is 3.65. The van der Waals surface area contributed by atoms with Crippen LogP contribution in [0.2, 0.25) is 0 Å². The van der Waals surface area contributed by atoms with E-state index in [2.05, 4.69) is 32.2 Å². The van der Waals surface area contributed by atoms with Crippen LogP contribution in [-0.2, 0) is 0 Å². The highest BCUT2D eigenvalue weighted by atomic mass is 32.1. The fourth-order valence-electron chi connectivity index (χ4n) is 2.52. The molecule has 0 aliphatic heterocycles. The molecule has 1 aromatic heterocycles. The predicted octanol–water partition coefficient (Wildman–Crippen LogP) is 5.52. The van der Waals surface area contributed by atoms with E-state index in [9.17, 15) is 4.39 Å². The summed E-state index contributed by atoms with van der Waals surface area (Å²) in [5.41, 5.74) is 0. The quantitative estimate of drug-likeness (QED) is 0.709. The molecule has 0 bridgehead atoms. The summed E-state index contributed by atoms with van der Waals surface area (Å²) in [5.74, 6) is 0.611. The Balaban J connectivity index is 2.13. The van der Waals surface area contributed by atoms with Crippen molar-refractivity contribution in [3.8, 4) is 0 Å². The van der Waals surface area contributed by atoms with Gasteiger partial charge in [0.1, 0.15) is 5.82 Å². The van der Waals surface area contributed by atoms with Crippen molar-refractivity contribution < 1.29 is 4.39 Å². The molecule has 0 amide bonds. The van der Waals surface area contributed by atoms with Crippen molar-refractivity contribution in [2.75, 3.05) is 6.54 Å². The van der Waals surface area contributed by atoms with E-state index in [1.807, 2.05) is 6.07 Å². The highest BCUT2D eigenvalue weighted by Crippen LogP contribution is 2.32. The Morgan fingerprint density at radius 1 is 1.20 bits per heavy atom. The Bertz CT molecular complexity index is 547. The molecule has 110 valence electrons. The van der Waals surface area contributed by atoms with Crippen LogP contribution < -0.4 is 5.32 Å². The summed E-state index contributed by atoms with van der Waals surface area (Å²) in [5, 5.41) is 4.72. The van der Waals surface area contributed by atoms with E-state index in [1.54, 1.807) is 23.5 Å². The number of hydrogen-bond acceptors (Lipinski definition) is 2. The van der Waals surface area contributed by atoms with Crippen molar-refractivity contribution in [2.45, 2.75) is 46.1 Å². The molecule has 1 unspecified atom stereocenters. The lowest BCUT2D eigenvalue weighted by Crippen LogP contribution is -2.20. The van der Waals surface area contributed by atoms with E-state index in [4.69, 9.17) is 0 Å². The van der Waals surface area contributed by atoms with Crippen molar-refractivity contribution in [3.05, 3.63) is 35.0 Å². The summed E-state index contributed by atoms with van der Waals surface area (Å²) in [4.78, 5) is 1.33. The molecule has 1 atom stereocenters. The van der Waals surface area contributed by atoms with Crippen molar-refractivity contribution >= 4 is 21.4 Å². The second-order valence-electron chi connectivity index (χ2n) is 5.77. The zero-order valence-electron chi connectivity index (χ0n) is 12.6. The molecule has 0 fully saturated rings. The molecule has 20 heavy (non-hydrogen) atoms. The van der Waals surface area contributed by atoms with Crippen LogP contribution in [-0.4, -0.2) is 6.54 Å². The third-order valence-corrected chi connectivity index (χ3v) is 4.78. The van der Waals surface area contributed by atoms with Gasteiger partial charge in [-0.25, -0.2) is 4.39 Å². The van der Waals surface area contributed by atoms with Gasteiger partial charge in [-0.15, -0.1) is 11.3 Å². The van der Waals surface area contributed by atoms with Gasteiger partial charge in [-0.3, -0.25) is 0 Å². The van der Waals surface area contributed by atoms with E-state index < -0.39 is 0 Å². The number of nitrogens with one attached hydrogen (secondary N) is 1. The zero-order chi connectivity index (χ0) is 14.5. The first-order valence-electron chi connectivity index (χ1n) is 7.52. The van der Waals surface area contributed by atoms with Crippen LogP contribution in [0.1, 0.15) is 51.0 Å². The molecule has 0 radical (unpaired) electrons. The number of rotatable bonds is 7. The molecule has 0 saturated carbocycles. The second-order valence-corrected chi connectivity index (χ2v) is 6.88. The lowest BCUT2D eigenvalue weighted by molar-refractivity contribution is 0.460. The van der Waals surface area contributed by atoms with Crippen LogP contribution in [0, 0.1) is 11.7 Å². The van der Waals surface area contributed by atoms with Gasteiger partial charge in [0.25, 0.3) is 0 Å². The monoisotopic (exact) mass is 293 g/mol. The maximum absolute atomic E-state index is 13.3. The van der Waals surface area contributed by atoms with E-state index in [1.165, 1.54) is 17.7 Å². The minimum Gasteiger partial charge on any atom is -0.310 e. The summed E-state index contributed by atoms with van der Waals surface area (Å²) >= 11 is 1.72. The fraction of sp³-hybridized carbons (Fsp3) is 0.529. The number of fused-ring (bicyclic) bond motifs is 1.